The predicted octanol–water partition coefficient (Wildman–Crippen LogP) is 2.58. The fraction of sp³-hybridized carbons (Fsp3) is 0.500. The number of carbonyl (C=O) groups excluding carboxylic acids is 1. The van der Waals surface area contributed by atoms with Crippen LogP contribution in [-0.4, -0.2) is 37.0 Å². The second-order valence-corrected chi connectivity index (χ2v) is 6.01. The monoisotopic (exact) mass is 310 g/mol. The van der Waals surface area contributed by atoms with Crippen LogP contribution in [0, 0.1) is 6.92 Å². The molecule has 1 fully saturated rings. The average Bonchev–Trinajstić information content (AvgIpc) is 2.27. The molecular formula is C14H19BrN2O. The van der Waals surface area contributed by atoms with Crippen LogP contribution in [0.4, 0.5) is 0 Å². The first kappa shape index (κ1) is 13.6. The molecule has 1 atom stereocenters. The number of rotatable bonds is 2. The maximum atomic E-state index is 12.2. The Hall–Kier alpha value is -0.870. The molecule has 1 heterocycles. The van der Waals surface area contributed by atoms with Gasteiger partial charge in [0.1, 0.15) is 0 Å². The average molecular weight is 311 g/mol. The summed E-state index contributed by atoms with van der Waals surface area (Å²) in [5, 5.41) is 3.12. The Balaban J connectivity index is 2.02. The van der Waals surface area contributed by atoms with Gasteiger partial charge in [0.15, 0.2) is 0 Å². The lowest BCUT2D eigenvalue weighted by molar-refractivity contribution is 0.0912. The van der Waals surface area contributed by atoms with E-state index in [-0.39, 0.29) is 11.9 Å². The maximum absolute atomic E-state index is 12.2. The summed E-state index contributed by atoms with van der Waals surface area (Å²) in [6, 6.07) is 6.07. The normalized spacial score (nSPS) is 20.7. The van der Waals surface area contributed by atoms with Gasteiger partial charge in [0, 0.05) is 22.6 Å². The number of nitrogens with one attached hydrogen (secondary N) is 1. The molecule has 1 aliphatic heterocycles. The summed E-state index contributed by atoms with van der Waals surface area (Å²) in [7, 11) is 2.10. The van der Waals surface area contributed by atoms with Gasteiger partial charge in [-0.05, 0) is 57.1 Å². The van der Waals surface area contributed by atoms with Gasteiger partial charge in [0.25, 0.3) is 5.91 Å². The molecule has 0 aromatic heterocycles. The predicted molar refractivity (Wildman–Crippen MR) is 76.9 cm³/mol. The van der Waals surface area contributed by atoms with E-state index >= 15 is 0 Å². The minimum absolute atomic E-state index is 0.0275. The summed E-state index contributed by atoms with van der Waals surface area (Å²) in [6.45, 7) is 4.07. The number of halogens is 1. The van der Waals surface area contributed by atoms with Crippen molar-refractivity contribution in [2.24, 2.45) is 0 Å². The second kappa shape index (κ2) is 5.85. The van der Waals surface area contributed by atoms with E-state index in [2.05, 4.69) is 33.2 Å². The molecule has 0 spiro atoms. The molecule has 3 nitrogen and oxygen atoms in total. The molecule has 1 aliphatic rings. The van der Waals surface area contributed by atoms with E-state index in [1.807, 2.05) is 25.1 Å². The SMILES string of the molecule is Cc1cc(Br)cc(C(=O)NC2CCCN(C)C2)c1. The molecule has 18 heavy (non-hydrogen) atoms. The van der Waals surface area contributed by atoms with Crippen molar-refractivity contribution in [1.29, 1.82) is 0 Å². The standard InChI is InChI=1S/C14H19BrN2O/c1-10-6-11(8-12(15)7-10)14(18)16-13-4-3-5-17(2)9-13/h6-8,13H,3-5,9H2,1-2H3,(H,16,18). The number of piperidine rings is 1. The van der Waals surface area contributed by atoms with E-state index in [1.165, 1.54) is 0 Å². The zero-order chi connectivity index (χ0) is 13.1. The number of nitrogens with zero attached hydrogens (tertiary/aromatic N) is 1. The van der Waals surface area contributed by atoms with E-state index < -0.39 is 0 Å². The summed E-state index contributed by atoms with van der Waals surface area (Å²) in [5.41, 5.74) is 1.82. The van der Waals surface area contributed by atoms with Gasteiger partial charge in [-0.2, -0.15) is 0 Å². The van der Waals surface area contributed by atoms with Crippen molar-refractivity contribution in [2.45, 2.75) is 25.8 Å². The number of amides is 1. The molecule has 1 N–H and O–H groups in total. The zero-order valence-corrected chi connectivity index (χ0v) is 12.5. The number of likely N-dealkylation sites (N-methyl/N-ethyl adjacent to an activating group) is 1. The topological polar surface area (TPSA) is 32.3 Å². The van der Waals surface area contributed by atoms with Gasteiger partial charge in [-0.1, -0.05) is 15.9 Å². The van der Waals surface area contributed by atoms with Crippen molar-refractivity contribution in [3.8, 4) is 0 Å². The van der Waals surface area contributed by atoms with Crippen LogP contribution in [0.3, 0.4) is 0 Å². The Bertz CT molecular complexity index is 427. The Morgan fingerprint density at radius 2 is 2.22 bits per heavy atom. The van der Waals surface area contributed by atoms with Crippen LogP contribution in [0.1, 0.15) is 28.8 Å². The molecule has 1 aromatic carbocycles. The van der Waals surface area contributed by atoms with Crippen LogP contribution >= 0.6 is 15.9 Å². The highest BCUT2D eigenvalue weighted by Gasteiger charge is 2.19. The fourth-order valence-corrected chi connectivity index (χ4v) is 3.03. The first-order chi connectivity index (χ1) is 8.54. The van der Waals surface area contributed by atoms with E-state index in [1.54, 1.807) is 0 Å². The third-order valence-corrected chi connectivity index (χ3v) is 3.72. The lowest BCUT2D eigenvalue weighted by atomic mass is 10.1. The Labute approximate surface area is 117 Å². The molecule has 0 bridgehead atoms. The van der Waals surface area contributed by atoms with Crippen molar-refractivity contribution in [2.75, 3.05) is 20.1 Å². The summed E-state index contributed by atoms with van der Waals surface area (Å²) < 4.78 is 0.952. The highest BCUT2D eigenvalue weighted by molar-refractivity contribution is 9.10. The van der Waals surface area contributed by atoms with Gasteiger partial charge in [-0.15, -0.1) is 0 Å². The first-order valence-electron chi connectivity index (χ1n) is 6.31. The molecule has 0 radical (unpaired) electrons. The Kier molecular flexibility index (Phi) is 4.40. The number of aryl methyl sites for hydroxylation is 1. The molecule has 1 saturated heterocycles. The van der Waals surface area contributed by atoms with Crippen molar-refractivity contribution >= 4 is 21.8 Å². The van der Waals surface area contributed by atoms with E-state index in [0.717, 1.165) is 41.5 Å². The zero-order valence-electron chi connectivity index (χ0n) is 10.9. The van der Waals surface area contributed by atoms with Crippen LogP contribution in [-0.2, 0) is 0 Å². The third kappa shape index (κ3) is 3.56. The van der Waals surface area contributed by atoms with Crippen LogP contribution in [0.25, 0.3) is 0 Å². The largest absolute Gasteiger partial charge is 0.348 e. The summed E-state index contributed by atoms with van der Waals surface area (Å²) >= 11 is 3.43. The number of likely N-dealkylation sites (tertiary alicyclic amines) is 1. The lowest BCUT2D eigenvalue weighted by Crippen LogP contribution is -2.46. The minimum Gasteiger partial charge on any atom is -0.348 e. The molecule has 1 unspecified atom stereocenters. The van der Waals surface area contributed by atoms with Gasteiger partial charge < -0.3 is 10.2 Å². The van der Waals surface area contributed by atoms with Crippen molar-refractivity contribution < 1.29 is 4.79 Å². The second-order valence-electron chi connectivity index (χ2n) is 5.09. The van der Waals surface area contributed by atoms with Crippen molar-refractivity contribution in [3.05, 3.63) is 33.8 Å². The smallest absolute Gasteiger partial charge is 0.251 e. The van der Waals surface area contributed by atoms with Gasteiger partial charge in [0.2, 0.25) is 0 Å². The van der Waals surface area contributed by atoms with Crippen molar-refractivity contribution in [1.82, 2.24) is 10.2 Å². The highest BCUT2D eigenvalue weighted by atomic mass is 79.9. The van der Waals surface area contributed by atoms with E-state index in [4.69, 9.17) is 0 Å². The molecule has 0 aliphatic carbocycles. The number of benzene rings is 1. The van der Waals surface area contributed by atoms with Crippen LogP contribution < -0.4 is 5.32 Å². The summed E-state index contributed by atoms with van der Waals surface area (Å²) in [5.74, 6) is 0.0275. The molecule has 1 amide bonds. The highest BCUT2D eigenvalue weighted by Crippen LogP contribution is 2.16. The molecule has 2 rings (SSSR count). The number of hydrogen-bond acceptors (Lipinski definition) is 2. The first-order valence-corrected chi connectivity index (χ1v) is 7.10. The minimum atomic E-state index is 0.0275. The molecular weight excluding hydrogens is 292 g/mol. The molecule has 4 heteroatoms. The fourth-order valence-electron chi connectivity index (χ4n) is 2.42. The van der Waals surface area contributed by atoms with Gasteiger partial charge in [0.05, 0.1) is 0 Å². The molecule has 98 valence electrons. The van der Waals surface area contributed by atoms with E-state index in [0.29, 0.717) is 0 Å². The van der Waals surface area contributed by atoms with E-state index in [9.17, 15) is 4.79 Å². The van der Waals surface area contributed by atoms with Crippen LogP contribution in [0.15, 0.2) is 22.7 Å². The number of carbonyl (C=O) groups is 1. The summed E-state index contributed by atoms with van der Waals surface area (Å²) in [6.07, 6.45) is 2.22. The van der Waals surface area contributed by atoms with Crippen LogP contribution in [0.5, 0.6) is 0 Å². The Morgan fingerprint density at radius 3 is 2.89 bits per heavy atom. The lowest BCUT2D eigenvalue weighted by Gasteiger charge is -2.30. The quantitative estimate of drug-likeness (QED) is 0.910. The Morgan fingerprint density at radius 1 is 1.44 bits per heavy atom. The van der Waals surface area contributed by atoms with Crippen LogP contribution in [0.2, 0.25) is 0 Å². The van der Waals surface area contributed by atoms with Gasteiger partial charge in [-0.3, -0.25) is 4.79 Å². The maximum Gasteiger partial charge on any atom is 0.251 e. The number of hydrogen-bond donors (Lipinski definition) is 1. The van der Waals surface area contributed by atoms with Crippen molar-refractivity contribution in [3.63, 3.8) is 0 Å². The summed E-state index contributed by atoms with van der Waals surface area (Å²) in [4.78, 5) is 14.4. The molecule has 1 aromatic rings. The van der Waals surface area contributed by atoms with Gasteiger partial charge in [-0.25, -0.2) is 0 Å². The molecule has 0 saturated carbocycles. The third-order valence-electron chi connectivity index (χ3n) is 3.26. The van der Waals surface area contributed by atoms with Gasteiger partial charge >= 0.3 is 0 Å².